The fourth-order valence-corrected chi connectivity index (χ4v) is 2.97. The van der Waals surface area contributed by atoms with Crippen LogP contribution in [0.25, 0.3) is 0 Å². The van der Waals surface area contributed by atoms with Gasteiger partial charge in [-0.05, 0) is 23.1 Å². The Morgan fingerprint density at radius 2 is 2.04 bits per heavy atom. The number of halogens is 3. The van der Waals surface area contributed by atoms with Crippen molar-refractivity contribution in [2.75, 3.05) is 11.4 Å². The number of alkyl halides is 3. The molecule has 126 valence electrons. The summed E-state index contributed by atoms with van der Waals surface area (Å²) in [6.45, 7) is 0.480. The van der Waals surface area contributed by atoms with Crippen molar-refractivity contribution < 1.29 is 26.4 Å². The molecule has 1 aliphatic heterocycles. The molecule has 1 N–H and O–H groups in total. The van der Waals surface area contributed by atoms with Crippen molar-refractivity contribution in [1.29, 1.82) is 0 Å². The van der Waals surface area contributed by atoms with E-state index in [0.717, 1.165) is 12.0 Å². The molecule has 0 aromatic heterocycles. The van der Waals surface area contributed by atoms with Gasteiger partial charge in [0.1, 0.15) is 6.54 Å². The van der Waals surface area contributed by atoms with Gasteiger partial charge in [-0.3, -0.25) is 4.79 Å². The third kappa shape index (κ3) is 4.71. The number of hydrogen-bond donors (Lipinski definition) is 1. The topological polar surface area (TPSA) is 66.5 Å². The maximum Gasteiger partial charge on any atom is 0.406 e. The quantitative estimate of drug-likeness (QED) is 0.828. The van der Waals surface area contributed by atoms with E-state index in [4.69, 9.17) is 0 Å². The zero-order valence-electron chi connectivity index (χ0n) is 12.6. The van der Waals surface area contributed by atoms with Crippen molar-refractivity contribution in [2.24, 2.45) is 0 Å². The van der Waals surface area contributed by atoms with Crippen LogP contribution in [0.5, 0.6) is 0 Å². The molecule has 1 unspecified atom stereocenters. The van der Waals surface area contributed by atoms with E-state index < -0.39 is 28.5 Å². The van der Waals surface area contributed by atoms with Crippen molar-refractivity contribution >= 4 is 28.6 Å². The van der Waals surface area contributed by atoms with Crippen LogP contribution in [-0.4, -0.2) is 34.2 Å². The predicted octanol–water partition coefficient (Wildman–Crippen LogP) is 1.06. The van der Waals surface area contributed by atoms with Crippen LogP contribution in [0, 0.1) is 0 Å². The smallest absolute Gasteiger partial charge is 0.303 e. The number of anilines is 1. The number of fused-ring (bicyclic) bond motifs is 1. The summed E-state index contributed by atoms with van der Waals surface area (Å²) in [7, 11) is -2.34. The molecule has 2 rings (SSSR count). The molecule has 1 aromatic rings. The number of rotatable bonds is 4. The van der Waals surface area contributed by atoms with Crippen LogP contribution in [0.3, 0.4) is 0 Å². The number of nitrogens with one attached hydrogen (secondary N) is 1. The minimum absolute atomic E-state index is 0.00790. The molecule has 0 saturated heterocycles. The lowest BCUT2D eigenvalue weighted by molar-refractivity contribution is -0.133. The van der Waals surface area contributed by atoms with Crippen molar-refractivity contribution in [2.45, 2.75) is 32.0 Å². The second-order valence-electron chi connectivity index (χ2n) is 5.69. The molecule has 10 heteroatoms. The molecule has 0 radical (unpaired) electrons. The van der Waals surface area contributed by atoms with Gasteiger partial charge in [0, 0.05) is 18.7 Å². The number of carbonyl (C=O) groups excluding carboxylic acids is 1. The lowest BCUT2D eigenvalue weighted by atomic mass is 9.89. The fourth-order valence-electron chi connectivity index (χ4n) is 2.54. The van der Waals surface area contributed by atoms with Crippen LogP contribution < -0.4 is 9.62 Å². The Bertz CT molecular complexity index is 722. The highest BCUT2D eigenvalue weighted by atomic mass is 32.2. The highest BCUT2D eigenvalue weighted by molar-refractivity contribution is 8.10. The summed E-state index contributed by atoms with van der Waals surface area (Å²) in [4.78, 5) is 12.7. The van der Waals surface area contributed by atoms with Crippen LogP contribution in [0.1, 0.15) is 30.4 Å². The summed E-state index contributed by atoms with van der Waals surface area (Å²) >= 11 is 0. The van der Waals surface area contributed by atoms with Crippen molar-refractivity contribution in [3.05, 3.63) is 29.3 Å². The largest absolute Gasteiger partial charge is 0.406 e. The van der Waals surface area contributed by atoms with E-state index in [9.17, 15) is 26.4 Å². The van der Waals surface area contributed by atoms with Crippen molar-refractivity contribution in [1.82, 2.24) is 4.72 Å². The van der Waals surface area contributed by atoms with Crippen LogP contribution >= 0.6 is 0 Å². The van der Waals surface area contributed by atoms with Crippen LogP contribution in [0.4, 0.5) is 18.9 Å². The Balaban J connectivity index is 2.32. The molecule has 0 saturated carbocycles. The molecule has 0 bridgehead atoms. The highest BCUT2D eigenvalue weighted by Gasteiger charge is 2.37. The first-order valence-corrected chi connectivity index (χ1v) is 8.80. The third-order valence-corrected chi connectivity index (χ3v) is 4.24. The summed E-state index contributed by atoms with van der Waals surface area (Å²) < 4.78 is 62.6. The van der Waals surface area contributed by atoms with E-state index in [2.05, 4.69) is 4.72 Å². The van der Waals surface area contributed by atoms with Gasteiger partial charge in [0.2, 0.25) is 5.91 Å². The molecule has 1 atom stereocenters. The molecule has 23 heavy (non-hydrogen) atoms. The van der Waals surface area contributed by atoms with E-state index in [1.807, 2.05) is 0 Å². The minimum atomic E-state index is -4.48. The van der Waals surface area contributed by atoms with Gasteiger partial charge in [-0.15, -0.1) is 0 Å². The number of carbonyl (C=O) groups is 1. The van der Waals surface area contributed by atoms with E-state index in [0.29, 0.717) is 11.1 Å². The highest BCUT2D eigenvalue weighted by Crippen LogP contribution is 2.37. The lowest BCUT2D eigenvalue weighted by Gasteiger charge is -2.33. The van der Waals surface area contributed by atoms with Gasteiger partial charge >= 0.3 is 6.18 Å². The summed E-state index contributed by atoms with van der Waals surface area (Å²) in [5.41, 5.74) is 1.47. The SMILES string of the molecule is BS(=O)(=O)NCc1ccc2c(c1)C(C)CC(=O)N2CC(F)(F)F. The molecule has 1 amide bonds. The fraction of sp³-hybridized carbons (Fsp3) is 0.462. The van der Waals surface area contributed by atoms with Gasteiger partial charge in [0.05, 0.1) is 0 Å². The normalized spacial score (nSPS) is 18.9. The van der Waals surface area contributed by atoms with E-state index in [1.54, 1.807) is 13.0 Å². The van der Waals surface area contributed by atoms with Crippen molar-refractivity contribution in [3.63, 3.8) is 0 Å². The number of hydrogen-bond acceptors (Lipinski definition) is 3. The van der Waals surface area contributed by atoms with Crippen LogP contribution in [0.2, 0.25) is 0 Å². The molecule has 1 heterocycles. The number of benzene rings is 1. The second kappa shape index (κ2) is 6.16. The minimum Gasteiger partial charge on any atom is -0.303 e. The van der Waals surface area contributed by atoms with Gasteiger partial charge in [0.25, 0.3) is 7.12 Å². The Morgan fingerprint density at radius 1 is 1.39 bits per heavy atom. The number of amides is 1. The lowest BCUT2D eigenvalue weighted by Crippen LogP contribution is -2.42. The number of nitrogens with zero attached hydrogens (tertiary/aromatic N) is 1. The molecule has 1 aliphatic rings. The van der Waals surface area contributed by atoms with E-state index in [1.165, 1.54) is 12.1 Å². The Morgan fingerprint density at radius 3 is 2.61 bits per heavy atom. The molecule has 5 nitrogen and oxygen atoms in total. The summed E-state index contributed by atoms with van der Waals surface area (Å²) in [5.74, 6) is -0.787. The van der Waals surface area contributed by atoms with Gasteiger partial charge in [-0.1, -0.05) is 19.1 Å². The molecular weight excluding hydrogens is 332 g/mol. The first-order chi connectivity index (χ1) is 10.5. The average Bonchev–Trinajstić information content (AvgIpc) is 2.39. The predicted molar refractivity (Wildman–Crippen MR) is 82.2 cm³/mol. The van der Waals surface area contributed by atoms with Gasteiger partial charge in [-0.2, -0.15) is 13.2 Å². The maximum atomic E-state index is 12.7. The Kier molecular flexibility index (Phi) is 4.77. The van der Waals surface area contributed by atoms with Gasteiger partial charge in [-0.25, -0.2) is 13.1 Å². The maximum absolute atomic E-state index is 12.7. The summed E-state index contributed by atoms with van der Waals surface area (Å²) in [6, 6.07) is 4.60. The molecule has 0 aliphatic carbocycles. The Hall–Kier alpha value is -1.55. The van der Waals surface area contributed by atoms with Crippen molar-refractivity contribution in [3.8, 4) is 0 Å². The standard InChI is InChI=1S/C13H16BF3N2O3S/c1-8-4-12(20)19(7-13(15,16)17)11-3-2-9(5-10(8)11)6-18-23(14,21)22/h2-3,5,8,18H,4,6-7,14H2,1H3. The first-order valence-electron chi connectivity index (χ1n) is 6.91. The third-order valence-electron chi connectivity index (χ3n) is 3.57. The van der Waals surface area contributed by atoms with E-state index in [-0.39, 0.29) is 24.6 Å². The van der Waals surface area contributed by atoms with E-state index >= 15 is 0 Å². The summed E-state index contributed by atoms with van der Waals surface area (Å²) in [6.07, 6.45) is -4.49. The monoisotopic (exact) mass is 348 g/mol. The second-order valence-corrected chi connectivity index (χ2v) is 7.52. The van der Waals surface area contributed by atoms with Gasteiger partial charge < -0.3 is 4.90 Å². The zero-order valence-corrected chi connectivity index (χ0v) is 13.5. The summed E-state index contributed by atoms with van der Waals surface area (Å²) in [5, 5.41) is 0. The van der Waals surface area contributed by atoms with Gasteiger partial charge in [0.15, 0.2) is 9.87 Å². The Labute approximate surface area is 133 Å². The van der Waals surface area contributed by atoms with Crippen LogP contribution in [0.15, 0.2) is 18.2 Å². The average molecular weight is 348 g/mol. The molecular formula is C13H16BF3N2O3S. The molecule has 0 spiro atoms. The first kappa shape index (κ1) is 17.8. The zero-order chi connectivity index (χ0) is 17.4. The van der Waals surface area contributed by atoms with Crippen LogP contribution in [-0.2, 0) is 21.2 Å². The molecule has 0 fully saturated rings. The molecule has 1 aromatic carbocycles.